The Morgan fingerprint density at radius 1 is 1.38 bits per heavy atom. The van der Waals surface area contributed by atoms with E-state index in [2.05, 4.69) is 27.8 Å². The van der Waals surface area contributed by atoms with Crippen molar-refractivity contribution in [2.75, 3.05) is 7.11 Å². The number of rotatable bonds is 4. The molecule has 7 nitrogen and oxygen atoms in total. The molecular formula is C17H23N5O2. The van der Waals surface area contributed by atoms with Crippen LogP contribution in [0.5, 0.6) is 5.75 Å². The SMILES string of the molecule is COc1cccc(-n2nnnc2C2(NC(C)=O)CCC(C)CC2)c1. The number of amides is 1. The zero-order chi connectivity index (χ0) is 17.2. The van der Waals surface area contributed by atoms with E-state index in [-0.39, 0.29) is 5.91 Å². The van der Waals surface area contributed by atoms with Gasteiger partial charge in [-0.1, -0.05) is 13.0 Å². The van der Waals surface area contributed by atoms with Gasteiger partial charge in [0.05, 0.1) is 12.8 Å². The average Bonchev–Trinajstić information content (AvgIpc) is 3.07. The van der Waals surface area contributed by atoms with Gasteiger partial charge in [-0.3, -0.25) is 4.79 Å². The summed E-state index contributed by atoms with van der Waals surface area (Å²) in [5, 5.41) is 15.4. The fraction of sp³-hybridized carbons (Fsp3) is 0.529. The Bertz CT molecular complexity index is 719. The minimum absolute atomic E-state index is 0.0651. The molecule has 1 fully saturated rings. The van der Waals surface area contributed by atoms with Crippen LogP contribution in [-0.4, -0.2) is 33.2 Å². The second kappa shape index (κ2) is 6.59. The summed E-state index contributed by atoms with van der Waals surface area (Å²) in [5.74, 6) is 2.00. The van der Waals surface area contributed by atoms with Crippen LogP contribution in [0.2, 0.25) is 0 Å². The predicted molar refractivity (Wildman–Crippen MR) is 88.8 cm³/mol. The van der Waals surface area contributed by atoms with Gasteiger partial charge in [-0.05, 0) is 54.2 Å². The van der Waals surface area contributed by atoms with Crippen molar-refractivity contribution in [1.29, 1.82) is 0 Å². The zero-order valence-corrected chi connectivity index (χ0v) is 14.3. The average molecular weight is 329 g/mol. The molecular weight excluding hydrogens is 306 g/mol. The number of hydrogen-bond acceptors (Lipinski definition) is 5. The first-order valence-electron chi connectivity index (χ1n) is 8.26. The van der Waals surface area contributed by atoms with Crippen LogP contribution in [-0.2, 0) is 10.3 Å². The smallest absolute Gasteiger partial charge is 0.217 e. The molecule has 1 heterocycles. The largest absolute Gasteiger partial charge is 0.497 e. The Hall–Kier alpha value is -2.44. The second-order valence-corrected chi connectivity index (χ2v) is 6.56. The first kappa shape index (κ1) is 16.4. The van der Waals surface area contributed by atoms with Crippen molar-refractivity contribution in [2.24, 2.45) is 5.92 Å². The third-order valence-corrected chi connectivity index (χ3v) is 4.74. The molecule has 7 heteroatoms. The van der Waals surface area contributed by atoms with Crippen molar-refractivity contribution in [3.8, 4) is 11.4 Å². The van der Waals surface area contributed by atoms with Gasteiger partial charge in [-0.25, -0.2) is 0 Å². The number of nitrogens with zero attached hydrogens (tertiary/aromatic N) is 4. The zero-order valence-electron chi connectivity index (χ0n) is 14.3. The number of ether oxygens (including phenoxy) is 1. The maximum Gasteiger partial charge on any atom is 0.217 e. The molecule has 1 amide bonds. The molecule has 1 aliphatic carbocycles. The molecule has 1 N–H and O–H groups in total. The number of hydrogen-bond donors (Lipinski definition) is 1. The standard InChI is InChI=1S/C17H23N5O2/c1-12-7-9-17(10-8-12,18-13(2)23)16-19-20-21-22(16)14-5-4-6-15(11-14)24-3/h4-6,11-12H,7-10H2,1-3H3,(H,18,23). The number of tetrazole rings is 1. The van der Waals surface area contributed by atoms with Crippen molar-refractivity contribution in [3.63, 3.8) is 0 Å². The van der Waals surface area contributed by atoms with Gasteiger partial charge < -0.3 is 10.1 Å². The summed E-state index contributed by atoms with van der Waals surface area (Å²) in [5.41, 5.74) is 0.294. The second-order valence-electron chi connectivity index (χ2n) is 6.56. The highest BCUT2D eigenvalue weighted by Crippen LogP contribution is 2.39. The molecule has 0 atom stereocenters. The van der Waals surface area contributed by atoms with Gasteiger partial charge in [0.15, 0.2) is 5.82 Å². The quantitative estimate of drug-likeness (QED) is 0.930. The Kier molecular flexibility index (Phi) is 4.51. The summed E-state index contributed by atoms with van der Waals surface area (Å²) in [6, 6.07) is 7.58. The van der Waals surface area contributed by atoms with Crippen molar-refractivity contribution >= 4 is 5.91 Å². The summed E-state index contributed by atoms with van der Waals surface area (Å²) in [6.45, 7) is 3.78. The van der Waals surface area contributed by atoms with Crippen LogP contribution >= 0.6 is 0 Å². The molecule has 1 aromatic heterocycles. The van der Waals surface area contributed by atoms with E-state index < -0.39 is 5.54 Å². The highest BCUT2D eigenvalue weighted by Gasteiger charge is 2.41. The molecule has 24 heavy (non-hydrogen) atoms. The Morgan fingerprint density at radius 3 is 2.79 bits per heavy atom. The Balaban J connectivity index is 2.03. The lowest BCUT2D eigenvalue weighted by Crippen LogP contribution is -2.49. The van der Waals surface area contributed by atoms with Crippen LogP contribution in [0.4, 0.5) is 0 Å². The fourth-order valence-corrected chi connectivity index (χ4v) is 3.40. The van der Waals surface area contributed by atoms with Crippen LogP contribution in [0, 0.1) is 5.92 Å². The summed E-state index contributed by atoms with van der Waals surface area (Å²) < 4.78 is 6.99. The number of aromatic nitrogens is 4. The predicted octanol–water partition coefficient (Wildman–Crippen LogP) is 2.21. The third-order valence-electron chi connectivity index (χ3n) is 4.74. The minimum atomic E-state index is -0.523. The van der Waals surface area contributed by atoms with Crippen molar-refractivity contribution in [2.45, 2.75) is 45.1 Å². The van der Waals surface area contributed by atoms with Crippen LogP contribution < -0.4 is 10.1 Å². The van der Waals surface area contributed by atoms with E-state index in [0.29, 0.717) is 11.7 Å². The van der Waals surface area contributed by atoms with E-state index in [9.17, 15) is 4.79 Å². The van der Waals surface area contributed by atoms with E-state index in [0.717, 1.165) is 37.1 Å². The number of methoxy groups -OCH3 is 1. The molecule has 1 saturated carbocycles. The summed E-state index contributed by atoms with van der Waals surface area (Å²) in [7, 11) is 1.63. The molecule has 0 aliphatic heterocycles. The first-order valence-corrected chi connectivity index (χ1v) is 8.26. The van der Waals surface area contributed by atoms with E-state index in [4.69, 9.17) is 4.74 Å². The van der Waals surface area contributed by atoms with Crippen molar-refractivity contribution < 1.29 is 9.53 Å². The maximum atomic E-state index is 11.8. The first-order chi connectivity index (χ1) is 11.5. The van der Waals surface area contributed by atoms with Crippen molar-refractivity contribution in [3.05, 3.63) is 30.1 Å². The molecule has 0 radical (unpaired) electrons. The number of benzene rings is 1. The molecule has 128 valence electrons. The molecule has 0 spiro atoms. The van der Waals surface area contributed by atoms with Crippen molar-refractivity contribution in [1.82, 2.24) is 25.5 Å². The third kappa shape index (κ3) is 3.11. The monoisotopic (exact) mass is 329 g/mol. The van der Waals surface area contributed by atoms with Gasteiger partial charge in [0.25, 0.3) is 0 Å². The van der Waals surface area contributed by atoms with Gasteiger partial charge in [0, 0.05) is 13.0 Å². The van der Waals surface area contributed by atoms with Gasteiger partial charge in [0.2, 0.25) is 5.91 Å². The van der Waals surface area contributed by atoms with E-state index in [1.165, 1.54) is 0 Å². The molecule has 2 aromatic rings. The molecule has 0 bridgehead atoms. The summed E-state index contributed by atoms with van der Waals surface area (Å²) in [6.07, 6.45) is 3.73. The number of carbonyl (C=O) groups is 1. The molecule has 1 aromatic carbocycles. The molecule has 3 rings (SSSR count). The lowest BCUT2D eigenvalue weighted by molar-refractivity contribution is -0.121. The Labute approximate surface area is 141 Å². The summed E-state index contributed by atoms with van der Waals surface area (Å²) >= 11 is 0. The lowest BCUT2D eigenvalue weighted by Gasteiger charge is -2.38. The van der Waals surface area contributed by atoms with E-state index in [1.54, 1.807) is 18.7 Å². The van der Waals surface area contributed by atoms with Gasteiger partial charge >= 0.3 is 0 Å². The van der Waals surface area contributed by atoms with Gasteiger partial charge in [-0.2, -0.15) is 4.68 Å². The fourth-order valence-electron chi connectivity index (χ4n) is 3.40. The van der Waals surface area contributed by atoms with Crippen LogP contribution in [0.1, 0.15) is 45.4 Å². The number of nitrogens with one attached hydrogen (secondary N) is 1. The highest BCUT2D eigenvalue weighted by molar-refractivity contribution is 5.74. The normalized spacial score (nSPS) is 23.7. The van der Waals surface area contributed by atoms with Gasteiger partial charge in [-0.15, -0.1) is 5.10 Å². The topological polar surface area (TPSA) is 81.9 Å². The lowest BCUT2D eigenvalue weighted by atomic mass is 9.76. The highest BCUT2D eigenvalue weighted by atomic mass is 16.5. The van der Waals surface area contributed by atoms with Crippen LogP contribution in [0.15, 0.2) is 24.3 Å². The van der Waals surface area contributed by atoms with Crippen LogP contribution in [0.3, 0.4) is 0 Å². The molecule has 1 aliphatic rings. The van der Waals surface area contributed by atoms with Gasteiger partial charge in [0.1, 0.15) is 11.3 Å². The molecule has 0 unspecified atom stereocenters. The van der Waals surface area contributed by atoms with Crippen LogP contribution in [0.25, 0.3) is 5.69 Å². The number of carbonyl (C=O) groups excluding carboxylic acids is 1. The summed E-state index contributed by atoms with van der Waals surface area (Å²) in [4.78, 5) is 11.8. The minimum Gasteiger partial charge on any atom is -0.497 e. The van der Waals surface area contributed by atoms with E-state index in [1.807, 2.05) is 24.3 Å². The van der Waals surface area contributed by atoms with E-state index >= 15 is 0 Å². The maximum absolute atomic E-state index is 11.8. The molecule has 0 saturated heterocycles. The Morgan fingerprint density at radius 2 is 2.12 bits per heavy atom.